The molecule has 2 heterocycles. The van der Waals surface area contributed by atoms with E-state index in [2.05, 4.69) is 15.4 Å². The zero-order valence-electron chi connectivity index (χ0n) is 10.7. The fourth-order valence-corrected chi connectivity index (χ4v) is 2.33. The molecule has 1 saturated heterocycles. The van der Waals surface area contributed by atoms with Gasteiger partial charge in [-0.05, 0) is 12.8 Å². The molecule has 8 nitrogen and oxygen atoms in total. The van der Waals surface area contributed by atoms with Gasteiger partial charge >= 0.3 is 5.69 Å². The Labute approximate surface area is 111 Å². The second-order valence-electron chi connectivity index (χ2n) is 4.55. The lowest BCUT2D eigenvalue weighted by atomic mass is 10.1. The Balaban J connectivity index is 2.33. The molecule has 1 aromatic rings. The zero-order valence-corrected chi connectivity index (χ0v) is 10.7. The summed E-state index contributed by atoms with van der Waals surface area (Å²) in [7, 11) is 0. The molecule has 104 valence electrons. The first-order valence-corrected chi connectivity index (χ1v) is 6.45. The zero-order chi connectivity index (χ0) is 13.7. The lowest BCUT2D eigenvalue weighted by Gasteiger charge is -2.25. The second kappa shape index (κ2) is 6.28. The van der Waals surface area contributed by atoms with Crippen LogP contribution < -0.4 is 16.2 Å². The summed E-state index contributed by atoms with van der Waals surface area (Å²) in [6, 6.07) is 0. The molecule has 0 aromatic carbocycles. The summed E-state index contributed by atoms with van der Waals surface area (Å²) in [6.45, 7) is 1.56. The topological polar surface area (TPSA) is 110 Å². The van der Waals surface area contributed by atoms with Crippen LogP contribution in [0.1, 0.15) is 32.1 Å². The van der Waals surface area contributed by atoms with E-state index >= 15 is 0 Å². The van der Waals surface area contributed by atoms with Gasteiger partial charge in [-0.15, -0.1) is 0 Å². The number of nitrogen functional groups attached to an aromatic ring is 1. The van der Waals surface area contributed by atoms with Gasteiger partial charge in [0.05, 0.1) is 4.92 Å². The molecule has 0 unspecified atom stereocenters. The van der Waals surface area contributed by atoms with Gasteiger partial charge in [-0.2, -0.15) is 0 Å². The number of hydrazine groups is 1. The molecule has 1 aromatic heterocycles. The van der Waals surface area contributed by atoms with Crippen molar-refractivity contribution in [2.75, 3.05) is 23.4 Å². The van der Waals surface area contributed by atoms with Crippen molar-refractivity contribution in [1.29, 1.82) is 0 Å². The Bertz CT molecular complexity index is 445. The number of nitrogens with two attached hydrogens (primary N) is 1. The maximum absolute atomic E-state index is 11.2. The van der Waals surface area contributed by atoms with Gasteiger partial charge in [0, 0.05) is 13.1 Å². The minimum atomic E-state index is -0.483. The van der Waals surface area contributed by atoms with Gasteiger partial charge in [0.1, 0.15) is 6.33 Å². The summed E-state index contributed by atoms with van der Waals surface area (Å²) in [5.74, 6) is 5.69. The Morgan fingerprint density at radius 2 is 1.84 bits per heavy atom. The van der Waals surface area contributed by atoms with E-state index in [9.17, 15) is 10.1 Å². The first kappa shape index (κ1) is 13.5. The molecule has 8 heteroatoms. The summed E-state index contributed by atoms with van der Waals surface area (Å²) in [5.41, 5.74) is 2.12. The number of aromatic nitrogens is 2. The Morgan fingerprint density at radius 1 is 1.21 bits per heavy atom. The normalized spacial score (nSPS) is 16.6. The lowest BCUT2D eigenvalue weighted by Crippen LogP contribution is -2.29. The Morgan fingerprint density at radius 3 is 2.42 bits per heavy atom. The molecule has 19 heavy (non-hydrogen) atoms. The van der Waals surface area contributed by atoms with Crippen LogP contribution in [0.4, 0.5) is 17.3 Å². The van der Waals surface area contributed by atoms with E-state index in [4.69, 9.17) is 5.84 Å². The quantitative estimate of drug-likeness (QED) is 0.483. The van der Waals surface area contributed by atoms with Gasteiger partial charge in [-0.3, -0.25) is 10.1 Å². The van der Waals surface area contributed by atoms with Crippen molar-refractivity contribution < 1.29 is 4.92 Å². The van der Waals surface area contributed by atoms with E-state index in [-0.39, 0.29) is 11.5 Å². The minimum absolute atomic E-state index is 0.0528. The number of nitrogens with one attached hydrogen (secondary N) is 1. The van der Waals surface area contributed by atoms with Crippen LogP contribution in [-0.2, 0) is 0 Å². The van der Waals surface area contributed by atoms with E-state index in [0.717, 1.165) is 38.8 Å². The van der Waals surface area contributed by atoms with Crippen molar-refractivity contribution in [2.24, 2.45) is 5.84 Å². The highest BCUT2D eigenvalue weighted by Gasteiger charge is 2.26. The second-order valence-corrected chi connectivity index (χ2v) is 4.55. The average molecular weight is 266 g/mol. The van der Waals surface area contributed by atoms with Crippen molar-refractivity contribution in [3.05, 3.63) is 16.4 Å². The van der Waals surface area contributed by atoms with Crippen molar-refractivity contribution in [3.8, 4) is 0 Å². The number of hydrogen-bond acceptors (Lipinski definition) is 7. The van der Waals surface area contributed by atoms with Gasteiger partial charge in [0.15, 0.2) is 0 Å². The van der Waals surface area contributed by atoms with Crippen LogP contribution in [0.5, 0.6) is 0 Å². The Hall–Kier alpha value is -1.96. The molecule has 0 amide bonds. The fraction of sp³-hybridized carbons (Fsp3) is 0.636. The van der Waals surface area contributed by atoms with Crippen molar-refractivity contribution in [3.63, 3.8) is 0 Å². The molecule has 0 aliphatic carbocycles. The van der Waals surface area contributed by atoms with Gasteiger partial charge in [-0.1, -0.05) is 19.3 Å². The molecule has 0 spiro atoms. The van der Waals surface area contributed by atoms with E-state index in [1.54, 1.807) is 0 Å². The summed E-state index contributed by atoms with van der Waals surface area (Å²) < 4.78 is 0. The van der Waals surface area contributed by atoms with E-state index in [1.165, 1.54) is 12.7 Å². The first-order chi connectivity index (χ1) is 9.24. The highest BCUT2D eigenvalue weighted by molar-refractivity contribution is 5.69. The molecule has 1 fully saturated rings. The van der Waals surface area contributed by atoms with E-state index in [1.807, 2.05) is 4.90 Å². The molecule has 1 aliphatic heterocycles. The third kappa shape index (κ3) is 3.08. The fourth-order valence-electron chi connectivity index (χ4n) is 2.33. The third-order valence-electron chi connectivity index (χ3n) is 3.28. The molecule has 1 aliphatic rings. The third-order valence-corrected chi connectivity index (χ3v) is 3.28. The maximum atomic E-state index is 11.2. The number of hydrogen-bond donors (Lipinski definition) is 2. The van der Waals surface area contributed by atoms with E-state index in [0.29, 0.717) is 5.82 Å². The van der Waals surface area contributed by atoms with Gasteiger partial charge in [-0.25, -0.2) is 15.8 Å². The van der Waals surface area contributed by atoms with Crippen molar-refractivity contribution >= 4 is 17.3 Å². The van der Waals surface area contributed by atoms with Crippen molar-refractivity contribution in [2.45, 2.75) is 32.1 Å². The van der Waals surface area contributed by atoms with Gasteiger partial charge in [0.2, 0.25) is 11.6 Å². The predicted octanol–water partition coefficient (Wildman–Crippen LogP) is 1.44. The summed E-state index contributed by atoms with van der Waals surface area (Å²) in [4.78, 5) is 20.6. The maximum Gasteiger partial charge on any atom is 0.354 e. The van der Waals surface area contributed by atoms with Crippen LogP contribution in [0.15, 0.2) is 6.33 Å². The minimum Gasteiger partial charge on any atom is -0.351 e. The number of nitro groups is 1. The van der Waals surface area contributed by atoms with Crippen LogP contribution in [0.2, 0.25) is 0 Å². The summed E-state index contributed by atoms with van der Waals surface area (Å²) in [5, 5.41) is 11.2. The Kier molecular flexibility index (Phi) is 4.45. The highest BCUT2D eigenvalue weighted by Crippen LogP contribution is 2.32. The van der Waals surface area contributed by atoms with Crippen LogP contribution >= 0.6 is 0 Å². The molecular weight excluding hydrogens is 248 g/mol. The molecule has 0 radical (unpaired) electrons. The van der Waals surface area contributed by atoms with E-state index < -0.39 is 4.92 Å². The molecule has 2 rings (SSSR count). The molecule has 0 atom stereocenters. The van der Waals surface area contributed by atoms with Crippen LogP contribution in [0.3, 0.4) is 0 Å². The summed E-state index contributed by atoms with van der Waals surface area (Å²) >= 11 is 0. The SMILES string of the molecule is NNc1ncnc(N2CCCCCCC2)c1[N+](=O)[O-]. The number of rotatable bonds is 3. The molecule has 3 N–H and O–H groups in total. The first-order valence-electron chi connectivity index (χ1n) is 6.45. The van der Waals surface area contributed by atoms with Crippen LogP contribution in [-0.4, -0.2) is 28.0 Å². The van der Waals surface area contributed by atoms with Crippen LogP contribution in [0, 0.1) is 10.1 Å². The molecule has 0 bridgehead atoms. The van der Waals surface area contributed by atoms with Crippen molar-refractivity contribution in [1.82, 2.24) is 9.97 Å². The smallest absolute Gasteiger partial charge is 0.351 e. The number of nitrogens with zero attached hydrogens (tertiary/aromatic N) is 4. The lowest BCUT2D eigenvalue weighted by molar-refractivity contribution is -0.383. The number of anilines is 2. The van der Waals surface area contributed by atoms with Crippen LogP contribution in [0.25, 0.3) is 0 Å². The van der Waals surface area contributed by atoms with Gasteiger partial charge in [0.25, 0.3) is 0 Å². The summed E-state index contributed by atoms with van der Waals surface area (Å²) in [6.07, 6.45) is 6.87. The monoisotopic (exact) mass is 266 g/mol. The largest absolute Gasteiger partial charge is 0.354 e. The predicted molar refractivity (Wildman–Crippen MR) is 71.8 cm³/mol. The standard InChI is InChI=1S/C11H18N6O2/c12-15-10-9(17(18)19)11(14-8-13-10)16-6-4-2-1-3-5-7-16/h8H,1-7,12H2,(H,13,14,15). The highest BCUT2D eigenvalue weighted by atomic mass is 16.6. The van der Waals surface area contributed by atoms with Gasteiger partial charge < -0.3 is 10.3 Å². The molecular formula is C11H18N6O2. The molecule has 0 saturated carbocycles. The average Bonchev–Trinajstić information content (AvgIpc) is 2.37.